The second kappa shape index (κ2) is 5.78. The SMILES string of the molecule is c1ccc(-n2cc(CN[C@H]3CCc4ccccc43)cn2)cc1. The van der Waals surface area contributed by atoms with E-state index in [9.17, 15) is 0 Å². The molecule has 1 aliphatic carbocycles. The van der Waals surface area contributed by atoms with Gasteiger partial charge in [-0.05, 0) is 36.1 Å². The number of fused-ring (bicyclic) bond motifs is 1. The molecule has 2 aromatic carbocycles. The van der Waals surface area contributed by atoms with E-state index in [2.05, 4.69) is 53.0 Å². The summed E-state index contributed by atoms with van der Waals surface area (Å²) in [6, 6.07) is 19.4. The molecule has 1 aromatic heterocycles. The van der Waals surface area contributed by atoms with Crippen LogP contribution in [0.1, 0.15) is 29.2 Å². The Labute approximate surface area is 130 Å². The highest BCUT2D eigenvalue weighted by molar-refractivity contribution is 5.34. The van der Waals surface area contributed by atoms with Gasteiger partial charge in [0.1, 0.15) is 0 Å². The molecule has 1 atom stereocenters. The third-order valence-corrected chi connectivity index (χ3v) is 4.34. The van der Waals surface area contributed by atoms with Gasteiger partial charge in [-0.3, -0.25) is 0 Å². The van der Waals surface area contributed by atoms with Gasteiger partial charge >= 0.3 is 0 Å². The van der Waals surface area contributed by atoms with Crippen LogP contribution in [-0.2, 0) is 13.0 Å². The van der Waals surface area contributed by atoms with Crippen molar-refractivity contribution in [1.82, 2.24) is 15.1 Å². The highest BCUT2D eigenvalue weighted by Crippen LogP contribution is 2.30. The van der Waals surface area contributed by atoms with Crippen molar-refractivity contribution in [2.24, 2.45) is 0 Å². The van der Waals surface area contributed by atoms with Crippen LogP contribution < -0.4 is 5.32 Å². The lowest BCUT2D eigenvalue weighted by Crippen LogP contribution is -2.18. The number of para-hydroxylation sites is 1. The molecule has 0 spiro atoms. The van der Waals surface area contributed by atoms with Crippen LogP contribution in [-0.4, -0.2) is 9.78 Å². The van der Waals surface area contributed by atoms with Crippen molar-refractivity contribution in [1.29, 1.82) is 0 Å². The van der Waals surface area contributed by atoms with Gasteiger partial charge in [-0.15, -0.1) is 0 Å². The van der Waals surface area contributed by atoms with Gasteiger partial charge < -0.3 is 5.32 Å². The fraction of sp³-hybridized carbons (Fsp3) is 0.211. The summed E-state index contributed by atoms with van der Waals surface area (Å²) >= 11 is 0. The van der Waals surface area contributed by atoms with Gasteiger partial charge in [-0.1, -0.05) is 42.5 Å². The molecule has 0 unspecified atom stereocenters. The molecule has 0 amide bonds. The maximum absolute atomic E-state index is 4.45. The smallest absolute Gasteiger partial charge is 0.0645 e. The number of nitrogens with zero attached hydrogens (tertiary/aromatic N) is 2. The maximum atomic E-state index is 4.45. The van der Waals surface area contributed by atoms with Crippen molar-refractivity contribution in [3.05, 3.63) is 83.7 Å². The largest absolute Gasteiger partial charge is 0.306 e. The van der Waals surface area contributed by atoms with Crippen molar-refractivity contribution in [2.45, 2.75) is 25.4 Å². The van der Waals surface area contributed by atoms with Gasteiger partial charge in [-0.25, -0.2) is 4.68 Å². The zero-order chi connectivity index (χ0) is 14.8. The molecular weight excluding hydrogens is 270 g/mol. The van der Waals surface area contributed by atoms with E-state index in [1.165, 1.54) is 29.5 Å². The summed E-state index contributed by atoms with van der Waals surface area (Å²) in [5.41, 5.74) is 5.26. The van der Waals surface area contributed by atoms with Crippen LogP contribution in [0.5, 0.6) is 0 Å². The normalized spacial score (nSPS) is 16.6. The van der Waals surface area contributed by atoms with E-state index < -0.39 is 0 Å². The molecule has 0 fully saturated rings. The van der Waals surface area contributed by atoms with Crippen LogP contribution in [0.4, 0.5) is 0 Å². The van der Waals surface area contributed by atoms with Gasteiger partial charge in [0.05, 0.1) is 11.9 Å². The van der Waals surface area contributed by atoms with Crippen LogP contribution in [0.25, 0.3) is 5.69 Å². The molecule has 0 bridgehead atoms. The van der Waals surface area contributed by atoms with E-state index in [4.69, 9.17) is 0 Å². The number of nitrogens with one attached hydrogen (secondary N) is 1. The summed E-state index contributed by atoms with van der Waals surface area (Å²) in [4.78, 5) is 0. The molecule has 1 N–H and O–H groups in total. The molecule has 3 heteroatoms. The predicted molar refractivity (Wildman–Crippen MR) is 87.9 cm³/mol. The molecule has 4 rings (SSSR count). The van der Waals surface area contributed by atoms with Crippen LogP contribution in [0, 0.1) is 0 Å². The van der Waals surface area contributed by atoms with E-state index in [0.717, 1.165) is 12.2 Å². The summed E-state index contributed by atoms with van der Waals surface area (Å²) in [5, 5.41) is 8.12. The molecule has 1 heterocycles. The molecule has 0 saturated carbocycles. The lowest BCUT2D eigenvalue weighted by Gasteiger charge is -2.13. The lowest BCUT2D eigenvalue weighted by atomic mass is 10.1. The van der Waals surface area contributed by atoms with Crippen molar-refractivity contribution in [3.8, 4) is 5.69 Å². The highest BCUT2D eigenvalue weighted by Gasteiger charge is 2.21. The maximum Gasteiger partial charge on any atom is 0.0645 e. The van der Waals surface area contributed by atoms with Crippen LogP contribution in [0.15, 0.2) is 67.0 Å². The van der Waals surface area contributed by atoms with Gasteiger partial charge in [0.2, 0.25) is 0 Å². The predicted octanol–water partition coefficient (Wildman–Crippen LogP) is 3.65. The molecule has 110 valence electrons. The first-order chi connectivity index (χ1) is 10.9. The minimum atomic E-state index is 0.469. The monoisotopic (exact) mass is 289 g/mol. The van der Waals surface area contributed by atoms with Crippen molar-refractivity contribution < 1.29 is 0 Å². The minimum absolute atomic E-state index is 0.469. The third-order valence-electron chi connectivity index (χ3n) is 4.34. The fourth-order valence-electron chi connectivity index (χ4n) is 3.18. The average Bonchev–Trinajstić information content (AvgIpc) is 3.21. The Morgan fingerprint density at radius 1 is 1.05 bits per heavy atom. The molecule has 0 radical (unpaired) electrons. The second-order valence-corrected chi connectivity index (χ2v) is 5.80. The average molecular weight is 289 g/mol. The van der Waals surface area contributed by atoms with Crippen molar-refractivity contribution >= 4 is 0 Å². The number of rotatable bonds is 4. The molecule has 0 saturated heterocycles. The van der Waals surface area contributed by atoms with E-state index in [1.54, 1.807) is 0 Å². The molecule has 1 aliphatic rings. The molecule has 3 nitrogen and oxygen atoms in total. The Bertz CT molecular complexity index is 761. The third kappa shape index (κ3) is 2.55. The Morgan fingerprint density at radius 3 is 2.77 bits per heavy atom. The van der Waals surface area contributed by atoms with Crippen LogP contribution in [0.3, 0.4) is 0 Å². The quantitative estimate of drug-likeness (QED) is 0.794. The first-order valence-corrected chi connectivity index (χ1v) is 7.80. The second-order valence-electron chi connectivity index (χ2n) is 5.80. The Kier molecular flexibility index (Phi) is 3.49. The summed E-state index contributed by atoms with van der Waals surface area (Å²) in [6.07, 6.45) is 6.41. The van der Waals surface area contributed by atoms with Crippen LogP contribution in [0.2, 0.25) is 0 Å². The number of aromatic nitrogens is 2. The molecular formula is C19H19N3. The van der Waals surface area contributed by atoms with Crippen molar-refractivity contribution in [2.75, 3.05) is 0 Å². The lowest BCUT2D eigenvalue weighted by molar-refractivity contribution is 0.530. The van der Waals surface area contributed by atoms with E-state index >= 15 is 0 Å². The molecule has 3 aromatic rings. The highest BCUT2D eigenvalue weighted by atomic mass is 15.3. The van der Waals surface area contributed by atoms with Gasteiger partial charge in [-0.2, -0.15) is 5.10 Å². The van der Waals surface area contributed by atoms with E-state index in [1.807, 2.05) is 29.1 Å². The summed E-state index contributed by atoms with van der Waals surface area (Å²) in [5.74, 6) is 0. The first-order valence-electron chi connectivity index (χ1n) is 7.80. The van der Waals surface area contributed by atoms with E-state index in [-0.39, 0.29) is 0 Å². The Morgan fingerprint density at radius 2 is 1.86 bits per heavy atom. The molecule has 0 aliphatic heterocycles. The van der Waals surface area contributed by atoms with Gasteiger partial charge in [0.25, 0.3) is 0 Å². The number of hydrogen-bond acceptors (Lipinski definition) is 2. The number of benzene rings is 2. The first kappa shape index (κ1) is 13.3. The van der Waals surface area contributed by atoms with Gasteiger partial charge in [0, 0.05) is 24.3 Å². The molecule has 22 heavy (non-hydrogen) atoms. The Hall–Kier alpha value is -2.39. The standard InChI is InChI=1S/C19H19N3/c1-2-7-17(8-3-1)22-14-15(13-21-22)12-20-19-11-10-16-6-4-5-9-18(16)19/h1-9,13-14,19-20H,10-12H2/t19-/m0/s1. The topological polar surface area (TPSA) is 29.9 Å². The zero-order valence-corrected chi connectivity index (χ0v) is 12.4. The summed E-state index contributed by atoms with van der Waals surface area (Å²) < 4.78 is 1.93. The number of hydrogen-bond donors (Lipinski definition) is 1. The van der Waals surface area contributed by atoms with Crippen molar-refractivity contribution in [3.63, 3.8) is 0 Å². The zero-order valence-electron chi connectivity index (χ0n) is 12.4. The summed E-state index contributed by atoms with van der Waals surface area (Å²) in [7, 11) is 0. The summed E-state index contributed by atoms with van der Waals surface area (Å²) in [6.45, 7) is 0.853. The number of aryl methyl sites for hydroxylation is 1. The van der Waals surface area contributed by atoms with Gasteiger partial charge in [0.15, 0.2) is 0 Å². The minimum Gasteiger partial charge on any atom is -0.306 e. The van der Waals surface area contributed by atoms with E-state index in [0.29, 0.717) is 6.04 Å². The fourth-order valence-corrected chi connectivity index (χ4v) is 3.18. The Balaban J connectivity index is 1.44. The van der Waals surface area contributed by atoms with Crippen LogP contribution >= 0.6 is 0 Å².